The molecule has 0 unspecified atom stereocenters. The molecule has 2 nitrogen and oxygen atoms in total. The van der Waals surface area contributed by atoms with E-state index in [9.17, 15) is 4.79 Å². The van der Waals surface area contributed by atoms with Crippen LogP contribution in [-0.2, 0) is 4.79 Å². The molecule has 0 bridgehead atoms. The average molecular weight is 227 g/mol. The quantitative estimate of drug-likeness (QED) is 0.739. The number of nitrogens with one attached hydrogen (secondary N) is 1. The van der Waals surface area contributed by atoms with Crippen LogP contribution in [-0.4, -0.2) is 13.0 Å². The van der Waals surface area contributed by atoms with Crippen molar-refractivity contribution in [2.45, 2.75) is 54.4 Å². The highest BCUT2D eigenvalue weighted by Gasteiger charge is 2.41. The molecule has 2 heteroatoms. The summed E-state index contributed by atoms with van der Waals surface area (Å²) in [6, 6.07) is 0. The van der Waals surface area contributed by atoms with Crippen molar-refractivity contribution >= 4 is 5.91 Å². The first-order chi connectivity index (χ1) is 7.26. The summed E-state index contributed by atoms with van der Waals surface area (Å²) in [4.78, 5) is 12.2. The van der Waals surface area contributed by atoms with Crippen molar-refractivity contribution in [2.75, 3.05) is 7.05 Å². The van der Waals surface area contributed by atoms with Gasteiger partial charge in [0.2, 0.25) is 5.91 Å². The fourth-order valence-electron chi connectivity index (χ4n) is 2.71. The lowest BCUT2D eigenvalue weighted by molar-refractivity contribution is -0.135. The largest absolute Gasteiger partial charge is 0.359 e. The predicted octanol–water partition coefficient (Wildman–Crippen LogP) is 3.47. The van der Waals surface area contributed by atoms with Crippen LogP contribution in [0.4, 0.5) is 0 Å². The highest BCUT2D eigenvalue weighted by molar-refractivity contribution is 5.82. The lowest BCUT2D eigenvalue weighted by Crippen LogP contribution is -2.45. The van der Waals surface area contributed by atoms with Crippen LogP contribution < -0.4 is 5.32 Å². The minimum atomic E-state index is -0.197. The molecule has 0 aliphatic carbocycles. The van der Waals surface area contributed by atoms with E-state index in [0.29, 0.717) is 17.8 Å². The summed E-state index contributed by atoms with van der Waals surface area (Å²) in [5, 5.41) is 2.86. The first-order valence-electron chi connectivity index (χ1n) is 6.48. The number of hydrogen-bond acceptors (Lipinski definition) is 1. The van der Waals surface area contributed by atoms with E-state index in [0.717, 1.165) is 12.8 Å². The zero-order valence-electron chi connectivity index (χ0n) is 12.1. The van der Waals surface area contributed by atoms with Crippen LogP contribution >= 0.6 is 0 Å². The number of hydrogen-bond donors (Lipinski definition) is 1. The molecule has 0 fully saturated rings. The van der Waals surface area contributed by atoms with E-state index in [-0.39, 0.29) is 11.3 Å². The normalized spacial score (nSPS) is 12.6. The summed E-state index contributed by atoms with van der Waals surface area (Å²) in [7, 11) is 1.75. The second kappa shape index (κ2) is 6.27. The Balaban J connectivity index is 5.12. The second-order valence-electron chi connectivity index (χ2n) is 6.09. The smallest absolute Gasteiger partial charge is 0.226 e. The maximum atomic E-state index is 12.2. The Morgan fingerprint density at radius 1 is 1.00 bits per heavy atom. The first kappa shape index (κ1) is 15.5. The molecule has 0 aliphatic heterocycles. The van der Waals surface area contributed by atoms with Crippen LogP contribution in [0.25, 0.3) is 0 Å². The van der Waals surface area contributed by atoms with Gasteiger partial charge in [-0.1, -0.05) is 41.5 Å². The summed E-state index contributed by atoms with van der Waals surface area (Å²) in [6.07, 6.45) is 1.95. The van der Waals surface area contributed by atoms with E-state index in [4.69, 9.17) is 0 Å². The Morgan fingerprint density at radius 3 is 1.56 bits per heavy atom. The third kappa shape index (κ3) is 3.80. The molecule has 0 atom stereocenters. The summed E-state index contributed by atoms with van der Waals surface area (Å²) in [5.41, 5.74) is -0.197. The molecule has 0 aliphatic rings. The van der Waals surface area contributed by atoms with Crippen LogP contribution in [0, 0.1) is 23.2 Å². The number of carbonyl (C=O) groups excluding carboxylic acids is 1. The van der Waals surface area contributed by atoms with Gasteiger partial charge in [-0.05, 0) is 30.6 Å². The van der Waals surface area contributed by atoms with Crippen molar-refractivity contribution in [2.24, 2.45) is 23.2 Å². The molecule has 0 spiro atoms. The van der Waals surface area contributed by atoms with Crippen molar-refractivity contribution in [1.29, 1.82) is 0 Å². The van der Waals surface area contributed by atoms with Gasteiger partial charge in [-0.3, -0.25) is 4.79 Å². The molecule has 0 rings (SSSR count). The number of carbonyl (C=O) groups is 1. The molecule has 0 heterocycles. The highest BCUT2D eigenvalue weighted by atomic mass is 16.2. The van der Waals surface area contributed by atoms with Gasteiger partial charge in [-0.25, -0.2) is 0 Å². The molecule has 0 saturated carbocycles. The molecule has 1 amide bonds. The monoisotopic (exact) mass is 227 g/mol. The topological polar surface area (TPSA) is 29.1 Å². The zero-order chi connectivity index (χ0) is 12.9. The van der Waals surface area contributed by atoms with Crippen molar-refractivity contribution in [3.05, 3.63) is 0 Å². The molecule has 0 radical (unpaired) electrons. The van der Waals surface area contributed by atoms with Crippen LogP contribution in [0.5, 0.6) is 0 Å². The van der Waals surface area contributed by atoms with Crippen molar-refractivity contribution in [3.8, 4) is 0 Å². The van der Waals surface area contributed by atoms with Gasteiger partial charge in [0, 0.05) is 7.05 Å². The third-order valence-electron chi connectivity index (χ3n) is 3.33. The fraction of sp³-hybridized carbons (Fsp3) is 0.929. The SMILES string of the molecule is CNC(=O)C(CC(C)C)(CC(C)C)C(C)C. The molecular weight excluding hydrogens is 198 g/mol. The summed E-state index contributed by atoms with van der Waals surface area (Å²) in [5.74, 6) is 1.71. The number of rotatable bonds is 6. The standard InChI is InChI=1S/C14H29NO/c1-10(2)8-14(12(5)6,9-11(3)4)13(16)15-7/h10-12H,8-9H2,1-7H3,(H,15,16). The van der Waals surface area contributed by atoms with Gasteiger partial charge < -0.3 is 5.32 Å². The maximum Gasteiger partial charge on any atom is 0.226 e. The fourth-order valence-corrected chi connectivity index (χ4v) is 2.71. The van der Waals surface area contributed by atoms with E-state index < -0.39 is 0 Å². The van der Waals surface area contributed by atoms with Crippen LogP contribution in [0.3, 0.4) is 0 Å². The summed E-state index contributed by atoms with van der Waals surface area (Å²) < 4.78 is 0. The molecule has 96 valence electrons. The molecule has 0 saturated heterocycles. The molecule has 0 aromatic carbocycles. The van der Waals surface area contributed by atoms with E-state index in [1.807, 2.05) is 0 Å². The Morgan fingerprint density at radius 2 is 1.38 bits per heavy atom. The van der Waals surface area contributed by atoms with Crippen molar-refractivity contribution < 1.29 is 4.79 Å². The van der Waals surface area contributed by atoms with Gasteiger partial charge in [-0.2, -0.15) is 0 Å². The van der Waals surface area contributed by atoms with E-state index >= 15 is 0 Å². The van der Waals surface area contributed by atoms with Crippen LogP contribution in [0.1, 0.15) is 54.4 Å². The van der Waals surface area contributed by atoms with Crippen LogP contribution in [0.15, 0.2) is 0 Å². The second-order valence-corrected chi connectivity index (χ2v) is 6.09. The predicted molar refractivity (Wildman–Crippen MR) is 70.2 cm³/mol. The Labute approximate surface area is 101 Å². The van der Waals surface area contributed by atoms with Gasteiger partial charge in [0.1, 0.15) is 0 Å². The van der Waals surface area contributed by atoms with Gasteiger partial charge in [-0.15, -0.1) is 0 Å². The summed E-state index contributed by atoms with van der Waals surface area (Å²) >= 11 is 0. The minimum Gasteiger partial charge on any atom is -0.359 e. The maximum absolute atomic E-state index is 12.2. The van der Waals surface area contributed by atoms with E-state index in [1.54, 1.807) is 7.05 Å². The highest BCUT2D eigenvalue weighted by Crippen LogP contribution is 2.40. The van der Waals surface area contributed by atoms with Gasteiger partial charge >= 0.3 is 0 Å². The van der Waals surface area contributed by atoms with Gasteiger partial charge in [0.05, 0.1) is 5.41 Å². The van der Waals surface area contributed by atoms with Crippen LogP contribution in [0.2, 0.25) is 0 Å². The molecule has 0 aromatic heterocycles. The Hall–Kier alpha value is -0.530. The minimum absolute atomic E-state index is 0.197. The van der Waals surface area contributed by atoms with E-state index in [2.05, 4.69) is 46.9 Å². The van der Waals surface area contributed by atoms with Crippen molar-refractivity contribution in [1.82, 2.24) is 5.32 Å². The lowest BCUT2D eigenvalue weighted by Gasteiger charge is -2.38. The third-order valence-corrected chi connectivity index (χ3v) is 3.33. The Bertz CT molecular complexity index is 209. The lowest BCUT2D eigenvalue weighted by atomic mass is 9.66. The molecular formula is C14H29NO. The Kier molecular flexibility index (Phi) is 6.06. The first-order valence-corrected chi connectivity index (χ1v) is 6.48. The molecule has 1 N–H and O–H groups in total. The number of amides is 1. The van der Waals surface area contributed by atoms with E-state index in [1.165, 1.54) is 0 Å². The van der Waals surface area contributed by atoms with Gasteiger partial charge in [0.25, 0.3) is 0 Å². The van der Waals surface area contributed by atoms with Gasteiger partial charge in [0.15, 0.2) is 0 Å². The average Bonchev–Trinajstić information content (AvgIpc) is 2.13. The molecule has 16 heavy (non-hydrogen) atoms. The zero-order valence-corrected chi connectivity index (χ0v) is 12.1. The summed E-state index contributed by atoms with van der Waals surface area (Å²) in [6.45, 7) is 13.1. The van der Waals surface area contributed by atoms with Crippen molar-refractivity contribution in [3.63, 3.8) is 0 Å². The molecule has 0 aromatic rings.